The molecule has 1 aliphatic rings. The fraction of sp³-hybridized carbons (Fsp3) is 0.278. The number of aromatic nitrogens is 2. The molecule has 1 aliphatic carbocycles. The van der Waals surface area contributed by atoms with Crippen molar-refractivity contribution in [3.8, 4) is 11.3 Å². The second-order valence-electron chi connectivity index (χ2n) is 6.22. The number of nitrogens with one attached hydrogen (secondary N) is 1. The Hall–Kier alpha value is -2.20. The topological polar surface area (TPSA) is 48.9 Å². The van der Waals surface area contributed by atoms with Crippen molar-refractivity contribution < 1.29 is 9.50 Å². The Morgan fingerprint density at radius 3 is 2.59 bits per heavy atom. The monoisotopic (exact) mass is 296 g/mol. The molecule has 0 atom stereocenters. The number of aliphatic hydroxyl groups is 1. The number of nitrogens with zero attached hydrogens (tertiary/aromatic N) is 1. The Morgan fingerprint density at radius 1 is 1.23 bits per heavy atom. The predicted octanol–water partition coefficient (Wildman–Crippen LogP) is 3.70. The van der Waals surface area contributed by atoms with Gasteiger partial charge >= 0.3 is 0 Å². The zero-order valence-electron chi connectivity index (χ0n) is 12.4. The summed E-state index contributed by atoms with van der Waals surface area (Å²) in [6.07, 6.45) is 2.04. The second kappa shape index (κ2) is 4.65. The molecular formula is C18H17FN2O. The van der Waals surface area contributed by atoms with Crippen LogP contribution in [0, 0.1) is 12.7 Å². The van der Waals surface area contributed by atoms with Gasteiger partial charge in [-0.05, 0) is 31.4 Å². The molecule has 1 saturated carbocycles. The maximum atomic E-state index is 14.3. The normalized spacial score (nSPS) is 16.1. The molecule has 2 N–H and O–H groups in total. The highest BCUT2D eigenvalue weighted by molar-refractivity contribution is 5.80. The van der Waals surface area contributed by atoms with Crippen molar-refractivity contribution in [2.24, 2.45) is 0 Å². The van der Waals surface area contributed by atoms with Gasteiger partial charge in [0.05, 0.1) is 17.6 Å². The van der Waals surface area contributed by atoms with E-state index in [4.69, 9.17) is 0 Å². The molecule has 1 aromatic carbocycles. The fourth-order valence-corrected chi connectivity index (χ4v) is 3.04. The van der Waals surface area contributed by atoms with Gasteiger partial charge in [0.15, 0.2) is 5.82 Å². The van der Waals surface area contributed by atoms with Crippen LogP contribution in [0.2, 0.25) is 0 Å². The number of aromatic amines is 1. The van der Waals surface area contributed by atoms with Crippen molar-refractivity contribution in [2.75, 3.05) is 6.61 Å². The van der Waals surface area contributed by atoms with E-state index in [9.17, 15) is 9.50 Å². The van der Waals surface area contributed by atoms with Crippen LogP contribution in [-0.2, 0) is 5.41 Å². The van der Waals surface area contributed by atoms with Crippen molar-refractivity contribution in [3.63, 3.8) is 0 Å². The fourth-order valence-electron chi connectivity index (χ4n) is 3.04. The van der Waals surface area contributed by atoms with E-state index in [0.717, 1.165) is 35.2 Å². The molecule has 0 aliphatic heterocycles. The lowest BCUT2D eigenvalue weighted by Gasteiger charge is -2.12. The highest BCUT2D eigenvalue weighted by Gasteiger charge is 2.43. The van der Waals surface area contributed by atoms with Gasteiger partial charge < -0.3 is 10.1 Å². The van der Waals surface area contributed by atoms with E-state index < -0.39 is 0 Å². The minimum atomic E-state index is -0.328. The molecule has 1 fully saturated rings. The first-order valence-electron chi connectivity index (χ1n) is 7.49. The summed E-state index contributed by atoms with van der Waals surface area (Å²) in [4.78, 5) is 7.53. The van der Waals surface area contributed by atoms with Crippen LogP contribution in [0.1, 0.15) is 24.1 Å². The summed E-state index contributed by atoms with van der Waals surface area (Å²) in [5.74, 6) is -0.328. The van der Waals surface area contributed by atoms with Crippen LogP contribution in [0.3, 0.4) is 0 Å². The molecule has 4 rings (SSSR count). The summed E-state index contributed by atoms with van der Waals surface area (Å²) in [6.45, 7) is 2.10. The second-order valence-corrected chi connectivity index (χ2v) is 6.22. The zero-order chi connectivity index (χ0) is 15.3. The molecule has 2 heterocycles. The van der Waals surface area contributed by atoms with E-state index in [1.54, 1.807) is 0 Å². The quantitative estimate of drug-likeness (QED) is 0.774. The smallest absolute Gasteiger partial charge is 0.151 e. The van der Waals surface area contributed by atoms with E-state index in [-0.39, 0.29) is 17.8 Å². The Kier molecular flexibility index (Phi) is 2.84. The van der Waals surface area contributed by atoms with Crippen LogP contribution in [0.25, 0.3) is 22.3 Å². The van der Waals surface area contributed by atoms with Gasteiger partial charge in [-0.15, -0.1) is 0 Å². The molecule has 2 aromatic heterocycles. The van der Waals surface area contributed by atoms with Crippen molar-refractivity contribution in [3.05, 3.63) is 53.5 Å². The first-order chi connectivity index (χ1) is 10.6. The van der Waals surface area contributed by atoms with Crippen LogP contribution in [0.4, 0.5) is 4.39 Å². The third-order valence-electron chi connectivity index (χ3n) is 4.62. The molecule has 0 amide bonds. The minimum absolute atomic E-state index is 0.0633. The molecule has 4 heteroatoms. The van der Waals surface area contributed by atoms with Crippen molar-refractivity contribution in [2.45, 2.75) is 25.2 Å². The number of H-pyrrole nitrogens is 1. The van der Waals surface area contributed by atoms with Crippen molar-refractivity contribution >= 4 is 11.0 Å². The number of pyridine rings is 1. The Balaban J connectivity index is 1.76. The number of halogens is 1. The van der Waals surface area contributed by atoms with Crippen molar-refractivity contribution in [1.82, 2.24) is 9.97 Å². The van der Waals surface area contributed by atoms with Gasteiger partial charge in [0, 0.05) is 22.7 Å². The largest absolute Gasteiger partial charge is 0.395 e. The molecule has 112 valence electrons. The number of hydrogen-bond donors (Lipinski definition) is 2. The first-order valence-corrected chi connectivity index (χ1v) is 7.49. The maximum absolute atomic E-state index is 14.3. The van der Waals surface area contributed by atoms with E-state index in [0.29, 0.717) is 11.2 Å². The third kappa shape index (κ3) is 2.03. The standard InChI is InChI=1S/C18H17FN2O/c1-11-8-15-16(20-11)9-14(19)17(21-15)12-2-4-13(5-3-12)18(10-22)6-7-18/h2-5,8-9,20,22H,6-7,10H2,1H3. The molecule has 0 spiro atoms. The van der Waals surface area contributed by atoms with Crippen LogP contribution in [0.15, 0.2) is 36.4 Å². The molecule has 0 bridgehead atoms. The zero-order valence-corrected chi connectivity index (χ0v) is 12.4. The Bertz CT molecular complexity index is 847. The molecule has 22 heavy (non-hydrogen) atoms. The lowest BCUT2D eigenvalue weighted by Crippen LogP contribution is -2.11. The van der Waals surface area contributed by atoms with Gasteiger partial charge in [-0.25, -0.2) is 9.37 Å². The highest BCUT2D eigenvalue weighted by Crippen LogP contribution is 2.47. The highest BCUT2D eigenvalue weighted by atomic mass is 19.1. The third-order valence-corrected chi connectivity index (χ3v) is 4.62. The van der Waals surface area contributed by atoms with Gasteiger partial charge in [-0.3, -0.25) is 0 Å². The van der Waals surface area contributed by atoms with Gasteiger partial charge in [0.25, 0.3) is 0 Å². The van der Waals surface area contributed by atoms with Crippen LogP contribution in [0.5, 0.6) is 0 Å². The molecule has 0 saturated heterocycles. The molecular weight excluding hydrogens is 279 g/mol. The number of fused-ring (bicyclic) bond motifs is 1. The molecule has 0 radical (unpaired) electrons. The molecule has 3 aromatic rings. The van der Waals surface area contributed by atoms with E-state index in [1.165, 1.54) is 6.07 Å². The number of hydrogen-bond acceptors (Lipinski definition) is 2. The summed E-state index contributed by atoms with van der Waals surface area (Å²) in [5.41, 5.74) is 4.64. The van der Waals surface area contributed by atoms with Gasteiger partial charge in [-0.2, -0.15) is 0 Å². The lowest BCUT2D eigenvalue weighted by atomic mass is 9.95. The summed E-state index contributed by atoms with van der Waals surface area (Å²) in [6, 6.07) is 11.1. The minimum Gasteiger partial charge on any atom is -0.395 e. The SMILES string of the molecule is Cc1cc2nc(-c3ccc(C4(CO)CC4)cc3)c(F)cc2[nH]1. The van der Waals surface area contributed by atoms with Crippen LogP contribution < -0.4 is 0 Å². The van der Waals surface area contributed by atoms with Gasteiger partial charge in [0.2, 0.25) is 0 Å². The molecule has 0 unspecified atom stereocenters. The lowest BCUT2D eigenvalue weighted by molar-refractivity contribution is 0.255. The predicted molar refractivity (Wildman–Crippen MR) is 84.2 cm³/mol. The van der Waals surface area contributed by atoms with Crippen molar-refractivity contribution in [1.29, 1.82) is 0 Å². The maximum Gasteiger partial charge on any atom is 0.151 e. The first kappa shape index (κ1) is 13.5. The van der Waals surface area contributed by atoms with E-state index in [2.05, 4.69) is 9.97 Å². The van der Waals surface area contributed by atoms with Gasteiger partial charge in [-0.1, -0.05) is 24.3 Å². The van der Waals surface area contributed by atoms with E-state index in [1.807, 2.05) is 37.3 Å². The summed E-state index contributed by atoms with van der Waals surface area (Å²) in [5, 5.41) is 9.49. The Morgan fingerprint density at radius 2 is 1.95 bits per heavy atom. The van der Waals surface area contributed by atoms with E-state index >= 15 is 0 Å². The number of aryl methyl sites for hydroxylation is 1. The number of aliphatic hydroxyl groups excluding tert-OH is 1. The average molecular weight is 296 g/mol. The summed E-state index contributed by atoms with van der Waals surface area (Å²) >= 11 is 0. The number of rotatable bonds is 3. The molecule has 3 nitrogen and oxygen atoms in total. The average Bonchev–Trinajstić information content (AvgIpc) is 3.24. The van der Waals surface area contributed by atoms with Gasteiger partial charge in [0.1, 0.15) is 5.69 Å². The summed E-state index contributed by atoms with van der Waals surface area (Å²) in [7, 11) is 0. The number of benzene rings is 1. The van der Waals surface area contributed by atoms with Crippen LogP contribution in [-0.4, -0.2) is 21.7 Å². The Labute approximate surface area is 127 Å². The summed E-state index contributed by atoms with van der Waals surface area (Å²) < 4.78 is 14.3. The van der Waals surface area contributed by atoms with Crippen LogP contribution >= 0.6 is 0 Å².